The highest BCUT2D eigenvalue weighted by Gasteiger charge is 2.48. The Morgan fingerprint density at radius 3 is 2.70 bits per heavy atom. The summed E-state index contributed by atoms with van der Waals surface area (Å²) in [6, 6.07) is 5.27. The van der Waals surface area contributed by atoms with Gasteiger partial charge in [0.2, 0.25) is 5.95 Å². The molecule has 13 nitrogen and oxygen atoms in total. The van der Waals surface area contributed by atoms with E-state index in [-0.39, 0.29) is 29.7 Å². The van der Waals surface area contributed by atoms with E-state index in [1.165, 1.54) is 6.33 Å². The zero-order valence-electron chi connectivity index (χ0n) is 23.7. The van der Waals surface area contributed by atoms with Gasteiger partial charge in [0.1, 0.15) is 23.9 Å². The molecule has 3 aromatic heterocycles. The molecule has 0 bridgehead atoms. The van der Waals surface area contributed by atoms with Crippen molar-refractivity contribution in [1.29, 1.82) is 0 Å². The molecule has 2 fully saturated rings. The predicted octanol–water partition coefficient (Wildman–Crippen LogP) is 4.00. The summed E-state index contributed by atoms with van der Waals surface area (Å²) in [6.07, 6.45) is 4.11. The Hall–Kier alpha value is -4.02. The topological polar surface area (TPSA) is 139 Å². The summed E-state index contributed by atoms with van der Waals surface area (Å²) in [5, 5.41) is 22.4. The smallest absolute Gasteiger partial charge is 0.422 e. The summed E-state index contributed by atoms with van der Waals surface area (Å²) in [5.41, 5.74) is 1.22. The summed E-state index contributed by atoms with van der Waals surface area (Å²) < 4.78 is 59.2. The lowest BCUT2D eigenvalue weighted by Crippen LogP contribution is -2.61. The number of hydrogen-bond donors (Lipinski definition) is 2. The van der Waals surface area contributed by atoms with Crippen LogP contribution in [-0.4, -0.2) is 84.6 Å². The SMILES string of the molecule is CC(Cn1cnnn1)Oc1cc(-c2cnc(Nc3cn(C4(C5COCCN5)CCC4)nc3OCC(F)(F)F)nc2)ccc1Cl. The van der Waals surface area contributed by atoms with Gasteiger partial charge in [-0.05, 0) is 54.3 Å². The molecule has 6 rings (SSSR count). The number of alkyl halides is 3. The Kier molecular flexibility index (Phi) is 8.55. The third-order valence-electron chi connectivity index (χ3n) is 7.63. The van der Waals surface area contributed by atoms with Crippen LogP contribution in [0.5, 0.6) is 11.6 Å². The van der Waals surface area contributed by atoms with E-state index >= 15 is 0 Å². The minimum Gasteiger partial charge on any atom is -0.487 e. The molecular weight excluding hydrogens is 605 g/mol. The standard InChI is InChI=1S/C27H30ClF3N10O3/c1-17(12-40-16-35-38-39-40)44-22-9-18(3-4-20(22)28)19-10-33-25(34-11-19)36-21-13-41(37-24(21)43-15-27(29,30)31)26(5-2-6-26)23-14-42-8-7-32-23/h3-4,9-11,13,16-17,23,32H,2,5-8,12,14-15H2,1H3,(H,33,34,36). The van der Waals surface area contributed by atoms with Crippen LogP contribution in [0.15, 0.2) is 43.1 Å². The van der Waals surface area contributed by atoms with E-state index in [4.69, 9.17) is 25.8 Å². The van der Waals surface area contributed by atoms with E-state index in [1.54, 1.807) is 46.2 Å². The van der Waals surface area contributed by atoms with Gasteiger partial charge in [-0.15, -0.1) is 10.2 Å². The van der Waals surface area contributed by atoms with Gasteiger partial charge in [0, 0.05) is 24.5 Å². The van der Waals surface area contributed by atoms with Gasteiger partial charge in [-0.3, -0.25) is 4.68 Å². The van der Waals surface area contributed by atoms with E-state index in [0.717, 1.165) is 24.8 Å². The Balaban J connectivity index is 1.20. The van der Waals surface area contributed by atoms with Crippen LogP contribution in [0.25, 0.3) is 11.1 Å². The van der Waals surface area contributed by atoms with Crippen molar-refractivity contribution < 1.29 is 27.4 Å². The number of anilines is 2. The number of aromatic nitrogens is 8. The van der Waals surface area contributed by atoms with Crippen LogP contribution in [0, 0.1) is 0 Å². The van der Waals surface area contributed by atoms with Crippen LogP contribution in [0.2, 0.25) is 5.02 Å². The van der Waals surface area contributed by atoms with Crippen LogP contribution in [0.4, 0.5) is 24.8 Å². The van der Waals surface area contributed by atoms with Gasteiger partial charge in [0.15, 0.2) is 6.61 Å². The van der Waals surface area contributed by atoms with Crippen molar-refractivity contribution in [2.75, 3.05) is 31.7 Å². The second kappa shape index (κ2) is 12.5. The van der Waals surface area contributed by atoms with Gasteiger partial charge in [0.25, 0.3) is 5.88 Å². The number of tetrazole rings is 1. The molecule has 1 saturated heterocycles. The highest BCUT2D eigenvalue weighted by atomic mass is 35.5. The third kappa shape index (κ3) is 6.71. The molecule has 2 N–H and O–H groups in total. The average Bonchev–Trinajstić information content (AvgIpc) is 3.63. The molecule has 4 heterocycles. The lowest BCUT2D eigenvalue weighted by molar-refractivity contribution is -0.154. The first-order chi connectivity index (χ1) is 21.2. The molecule has 234 valence electrons. The van der Waals surface area contributed by atoms with Crippen LogP contribution < -0.4 is 20.1 Å². The van der Waals surface area contributed by atoms with Gasteiger partial charge < -0.3 is 24.8 Å². The maximum absolute atomic E-state index is 13.1. The number of nitrogens with zero attached hydrogens (tertiary/aromatic N) is 8. The summed E-state index contributed by atoms with van der Waals surface area (Å²) in [7, 11) is 0. The maximum atomic E-state index is 13.1. The Morgan fingerprint density at radius 2 is 2.05 bits per heavy atom. The molecule has 2 aliphatic rings. The summed E-state index contributed by atoms with van der Waals surface area (Å²) >= 11 is 6.38. The average molecular weight is 635 g/mol. The number of hydrogen-bond acceptors (Lipinski definition) is 11. The number of rotatable bonds is 11. The summed E-state index contributed by atoms with van der Waals surface area (Å²) in [6.45, 7) is 2.60. The Labute approximate surface area is 255 Å². The monoisotopic (exact) mass is 634 g/mol. The van der Waals surface area contributed by atoms with E-state index < -0.39 is 18.3 Å². The fourth-order valence-electron chi connectivity index (χ4n) is 5.33. The fourth-order valence-corrected chi connectivity index (χ4v) is 5.49. The minimum absolute atomic E-state index is 0.0282. The molecule has 4 aromatic rings. The first-order valence-corrected chi connectivity index (χ1v) is 14.4. The van der Waals surface area contributed by atoms with E-state index in [2.05, 4.69) is 41.2 Å². The number of benzene rings is 1. The first-order valence-electron chi connectivity index (χ1n) is 14.1. The van der Waals surface area contributed by atoms with Gasteiger partial charge in [-0.2, -0.15) is 13.2 Å². The molecule has 1 aliphatic carbocycles. The summed E-state index contributed by atoms with van der Waals surface area (Å²) in [4.78, 5) is 8.78. The first kappa shape index (κ1) is 30.0. The predicted molar refractivity (Wildman–Crippen MR) is 152 cm³/mol. The molecule has 17 heteroatoms. The Bertz CT molecular complexity index is 1540. The molecule has 0 amide bonds. The van der Waals surface area contributed by atoms with Crippen LogP contribution in [0.1, 0.15) is 26.2 Å². The van der Waals surface area contributed by atoms with Gasteiger partial charge in [-0.1, -0.05) is 17.7 Å². The van der Waals surface area contributed by atoms with Crippen molar-refractivity contribution in [3.8, 4) is 22.8 Å². The fraction of sp³-hybridized carbons (Fsp3) is 0.481. The number of morpholine rings is 1. The third-order valence-corrected chi connectivity index (χ3v) is 7.94. The lowest BCUT2D eigenvalue weighted by Gasteiger charge is -2.49. The molecule has 0 spiro atoms. The van der Waals surface area contributed by atoms with Crippen LogP contribution >= 0.6 is 11.6 Å². The van der Waals surface area contributed by atoms with Crippen molar-refractivity contribution in [2.45, 2.75) is 56.6 Å². The highest BCUT2D eigenvalue weighted by molar-refractivity contribution is 6.32. The second-order valence-corrected chi connectivity index (χ2v) is 11.2. The van der Waals surface area contributed by atoms with Crippen LogP contribution in [-0.2, 0) is 16.8 Å². The molecule has 2 atom stereocenters. The molecule has 1 aromatic carbocycles. The largest absolute Gasteiger partial charge is 0.487 e. The van der Waals surface area contributed by atoms with Crippen molar-refractivity contribution >= 4 is 23.2 Å². The zero-order chi connectivity index (χ0) is 30.7. The minimum atomic E-state index is -4.53. The second-order valence-electron chi connectivity index (χ2n) is 10.8. The molecule has 44 heavy (non-hydrogen) atoms. The lowest BCUT2D eigenvalue weighted by atomic mass is 9.71. The van der Waals surface area contributed by atoms with E-state index in [0.29, 0.717) is 42.6 Å². The molecule has 1 saturated carbocycles. The van der Waals surface area contributed by atoms with E-state index in [9.17, 15) is 13.2 Å². The van der Waals surface area contributed by atoms with Crippen molar-refractivity contribution in [2.24, 2.45) is 0 Å². The zero-order valence-corrected chi connectivity index (χ0v) is 24.4. The molecular formula is C27H30ClF3N10O3. The van der Waals surface area contributed by atoms with Gasteiger partial charge >= 0.3 is 6.18 Å². The van der Waals surface area contributed by atoms with Crippen LogP contribution in [0.3, 0.4) is 0 Å². The van der Waals surface area contributed by atoms with Gasteiger partial charge in [-0.25, -0.2) is 14.6 Å². The number of halogens is 4. The van der Waals surface area contributed by atoms with E-state index in [1.807, 2.05) is 6.92 Å². The molecule has 1 aliphatic heterocycles. The highest BCUT2D eigenvalue weighted by Crippen LogP contribution is 2.44. The number of ether oxygens (including phenoxy) is 3. The number of nitrogens with one attached hydrogen (secondary N) is 2. The van der Waals surface area contributed by atoms with Crippen molar-refractivity contribution in [3.63, 3.8) is 0 Å². The van der Waals surface area contributed by atoms with Crippen molar-refractivity contribution in [3.05, 3.63) is 48.1 Å². The molecule has 0 radical (unpaired) electrons. The Morgan fingerprint density at radius 1 is 1.23 bits per heavy atom. The molecule has 2 unspecified atom stereocenters. The summed E-state index contributed by atoms with van der Waals surface area (Å²) in [5.74, 6) is 0.439. The quantitative estimate of drug-likeness (QED) is 0.247. The van der Waals surface area contributed by atoms with Gasteiger partial charge in [0.05, 0.1) is 42.6 Å². The van der Waals surface area contributed by atoms with Crippen molar-refractivity contribution in [1.82, 2.24) is 45.3 Å². The maximum Gasteiger partial charge on any atom is 0.422 e. The normalized spacial score (nSPS) is 18.8.